The van der Waals surface area contributed by atoms with Crippen molar-refractivity contribution in [3.8, 4) is 0 Å². The lowest BCUT2D eigenvalue weighted by atomic mass is 10.2. The first kappa shape index (κ1) is 15.6. The first-order valence-electron chi connectivity index (χ1n) is 7.14. The number of nitrogens with one attached hydrogen (secondary N) is 2. The van der Waals surface area contributed by atoms with Crippen molar-refractivity contribution in [2.24, 2.45) is 0 Å². The van der Waals surface area contributed by atoms with Crippen LogP contribution in [0.1, 0.15) is 11.1 Å². The van der Waals surface area contributed by atoms with Crippen LogP contribution in [-0.4, -0.2) is 24.9 Å². The van der Waals surface area contributed by atoms with E-state index >= 15 is 0 Å². The smallest absolute Gasteiger partial charge is 0.240 e. The van der Waals surface area contributed by atoms with Crippen molar-refractivity contribution < 1.29 is 12.8 Å². The summed E-state index contributed by atoms with van der Waals surface area (Å²) in [7, 11) is -3.65. The minimum atomic E-state index is -3.65. The number of H-pyrrole nitrogens is 1. The van der Waals surface area contributed by atoms with Crippen LogP contribution in [0.3, 0.4) is 0 Å². The highest BCUT2D eigenvalue weighted by atomic mass is 32.2. The Hall–Kier alpha value is -2.25. The molecule has 2 heterocycles. The molecule has 0 aliphatic rings. The normalized spacial score (nSPS) is 11.9. The second-order valence-corrected chi connectivity index (χ2v) is 7.04. The molecule has 0 spiro atoms. The van der Waals surface area contributed by atoms with Crippen LogP contribution >= 0.6 is 0 Å². The van der Waals surface area contributed by atoms with Gasteiger partial charge in [0, 0.05) is 24.3 Å². The Balaban J connectivity index is 1.71. The van der Waals surface area contributed by atoms with Gasteiger partial charge in [0.25, 0.3) is 0 Å². The zero-order valence-corrected chi connectivity index (χ0v) is 13.3. The van der Waals surface area contributed by atoms with E-state index in [1.807, 2.05) is 18.3 Å². The van der Waals surface area contributed by atoms with Gasteiger partial charge in [-0.15, -0.1) is 0 Å². The van der Waals surface area contributed by atoms with Gasteiger partial charge in [0.1, 0.15) is 11.5 Å². The molecule has 0 saturated heterocycles. The average Bonchev–Trinajstić information content (AvgIpc) is 2.93. The fourth-order valence-electron chi connectivity index (χ4n) is 2.41. The summed E-state index contributed by atoms with van der Waals surface area (Å²) in [4.78, 5) is 7.31. The van der Waals surface area contributed by atoms with E-state index in [0.717, 1.165) is 22.7 Å². The summed E-state index contributed by atoms with van der Waals surface area (Å²) >= 11 is 0. The molecule has 0 aliphatic carbocycles. The van der Waals surface area contributed by atoms with Gasteiger partial charge in [-0.1, -0.05) is 0 Å². The highest BCUT2D eigenvalue weighted by Gasteiger charge is 2.15. The number of sulfonamides is 1. The number of hydrogen-bond donors (Lipinski definition) is 2. The topological polar surface area (TPSA) is 74.8 Å². The first-order valence-corrected chi connectivity index (χ1v) is 8.62. The maximum atomic E-state index is 13.2. The molecule has 2 N–H and O–H groups in total. The van der Waals surface area contributed by atoms with Gasteiger partial charge in [-0.2, -0.15) is 0 Å². The number of aromatic nitrogens is 2. The number of aromatic amines is 1. The number of benzene rings is 1. The van der Waals surface area contributed by atoms with E-state index in [0.29, 0.717) is 12.0 Å². The molecule has 2 aromatic heterocycles. The molecule has 0 unspecified atom stereocenters. The lowest BCUT2D eigenvalue weighted by Crippen LogP contribution is -2.26. The summed E-state index contributed by atoms with van der Waals surface area (Å²) in [6.45, 7) is 1.79. The van der Waals surface area contributed by atoms with E-state index < -0.39 is 15.8 Å². The van der Waals surface area contributed by atoms with Crippen molar-refractivity contribution in [1.82, 2.24) is 14.7 Å². The number of nitrogens with zero attached hydrogens (tertiary/aromatic N) is 1. The number of fused-ring (bicyclic) bond motifs is 1. The lowest BCUT2D eigenvalue weighted by molar-refractivity contribution is 0.580. The highest BCUT2D eigenvalue weighted by molar-refractivity contribution is 7.89. The van der Waals surface area contributed by atoms with Crippen LogP contribution in [0, 0.1) is 12.7 Å². The first-order chi connectivity index (χ1) is 11.0. The van der Waals surface area contributed by atoms with Crippen LogP contribution < -0.4 is 4.72 Å². The third-order valence-corrected chi connectivity index (χ3v) is 5.12. The Bertz CT molecular complexity index is 951. The van der Waals surface area contributed by atoms with Crippen LogP contribution in [0.4, 0.5) is 4.39 Å². The molecule has 0 atom stereocenters. The molecular formula is C16H16FN3O2S. The van der Waals surface area contributed by atoms with Crippen molar-refractivity contribution in [3.63, 3.8) is 0 Å². The fourth-order valence-corrected chi connectivity index (χ4v) is 3.52. The molecule has 0 bridgehead atoms. The van der Waals surface area contributed by atoms with Crippen molar-refractivity contribution >= 4 is 21.1 Å². The van der Waals surface area contributed by atoms with Gasteiger partial charge in [-0.25, -0.2) is 22.5 Å². The maximum absolute atomic E-state index is 13.2. The van der Waals surface area contributed by atoms with Crippen LogP contribution in [0.5, 0.6) is 0 Å². The Labute approximate surface area is 133 Å². The van der Waals surface area contributed by atoms with E-state index in [1.54, 1.807) is 6.20 Å². The lowest BCUT2D eigenvalue weighted by Gasteiger charge is -2.07. The van der Waals surface area contributed by atoms with Gasteiger partial charge in [0.15, 0.2) is 0 Å². The van der Waals surface area contributed by atoms with E-state index in [2.05, 4.69) is 14.7 Å². The summed E-state index contributed by atoms with van der Waals surface area (Å²) in [6, 6.07) is 7.53. The number of pyridine rings is 1. The molecule has 5 nitrogen and oxygen atoms in total. The summed E-state index contributed by atoms with van der Waals surface area (Å²) in [5.74, 6) is -0.421. The van der Waals surface area contributed by atoms with Gasteiger partial charge < -0.3 is 4.98 Å². The molecular weight excluding hydrogens is 317 g/mol. The molecule has 0 saturated carbocycles. The molecule has 0 radical (unpaired) electrons. The summed E-state index contributed by atoms with van der Waals surface area (Å²) in [5, 5.41) is 0.976. The molecule has 120 valence electrons. The minimum Gasteiger partial charge on any atom is -0.346 e. The Morgan fingerprint density at radius 3 is 2.91 bits per heavy atom. The summed E-state index contributed by atoms with van der Waals surface area (Å²) < 4.78 is 40.3. The van der Waals surface area contributed by atoms with Gasteiger partial charge in [0.2, 0.25) is 10.0 Å². The van der Waals surface area contributed by atoms with Crippen LogP contribution in [0.15, 0.2) is 47.6 Å². The molecule has 7 heteroatoms. The van der Waals surface area contributed by atoms with Crippen LogP contribution in [0.2, 0.25) is 0 Å². The predicted octanol–water partition coefficient (Wildman–Crippen LogP) is 2.53. The molecule has 23 heavy (non-hydrogen) atoms. The predicted molar refractivity (Wildman–Crippen MR) is 86.1 cm³/mol. The molecule has 0 fully saturated rings. The minimum absolute atomic E-state index is 0.0667. The maximum Gasteiger partial charge on any atom is 0.240 e. The summed E-state index contributed by atoms with van der Waals surface area (Å²) in [5.41, 5.74) is 2.07. The average molecular weight is 333 g/mol. The number of aryl methyl sites for hydroxylation is 1. The number of halogens is 1. The second kappa shape index (κ2) is 6.10. The van der Waals surface area contributed by atoms with Crippen LogP contribution in [0.25, 0.3) is 11.0 Å². The van der Waals surface area contributed by atoms with E-state index in [9.17, 15) is 12.8 Å². The molecule has 0 aliphatic heterocycles. The van der Waals surface area contributed by atoms with Gasteiger partial charge in [-0.3, -0.25) is 0 Å². The Morgan fingerprint density at radius 2 is 2.13 bits per heavy atom. The molecule has 0 amide bonds. The Kier molecular flexibility index (Phi) is 4.14. The van der Waals surface area contributed by atoms with E-state index in [-0.39, 0.29) is 11.4 Å². The number of rotatable bonds is 5. The number of hydrogen-bond acceptors (Lipinski definition) is 3. The SMILES string of the molecule is Cc1cc(S(=O)(=O)NCCc2c[nH]c3ncccc23)ccc1F. The molecule has 3 rings (SSSR count). The van der Waals surface area contributed by atoms with Crippen molar-refractivity contribution in [2.45, 2.75) is 18.2 Å². The molecule has 3 aromatic rings. The third kappa shape index (κ3) is 3.25. The fraction of sp³-hybridized carbons (Fsp3) is 0.188. The third-order valence-electron chi connectivity index (χ3n) is 3.66. The highest BCUT2D eigenvalue weighted by Crippen LogP contribution is 2.17. The standard InChI is InChI=1S/C16H16FN3O2S/c1-11-9-13(4-5-15(11)17)23(21,22)20-8-6-12-10-19-16-14(12)3-2-7-18-16/h2-5,7,9-10,20H,6,8H2,1H3,(H,18,19). The summed E-state index contributed by atoms with van der Waals surface area (Å²) in [6.07, 6.45) is 4.06. The van der Waals surface area contributed by atoms with Crippen molar-refractivity contribution in [2.75, 3.05) is 6.54 Å². The van der Waals surface area contributed by atoms with E-state index in [4.69, 9.17) is 0 Å². The van der Waals surface area contributed by atoms with Crippen LogP contribution in [-0.2, 0) is 16.4 Å². The van der Waals surface area contributed by atoms with Crippen molar-refractivity contribution in [3.05, 3.63) is 59.7 Å². The quantitative estimate of drug-likeness (QED) is 0.753. The molecule has 1 aromatic carbocycles. The second-order valence-electron chi connectivity index (χ2n) is 5.27. The largest absolute Gasteiger partial charge is 0.346 e. The van der Waals surface area contributed by atoms with Gasteiger partial charge in [0.05, 0.1) is 4.90 Å². The van der Waals surface area contributed by atoms with Crippen molar-refractivity contribution in [1.29, 1.82) is 0 Å². The van der Waals surface area contributed by atoms with E-state index in [1.165, 1.54) is 19.1 Å². The zero-order chi connectivity index (χ0) is 16.4. The Morgan fingerprint density at radius 1 is 1.30 bits per heavy atom. The zero-order valence-electron chi connectivity index (χ0n) is 12.5. The van der Waals surface area contributed by atoms with Gasteiger partial charge >= 0.3 is 0 Å². The van der Waals surface area contributed by atoms with Gasteiger partial charge in [-0.05, 0) is 54.8 Å². The monoisotopic (exact) mass is 333 g/mol.